The summed E-state index contributed by atoms with van der Waals surface area (Å²) in [5, 5.41) is 0. The van der Waals surface area contributed by atoms with Gasteiger partial charge < -0.3 is 10.6 Å². The molecule has 1 aromatic rings. The van der Waals surface area contributed by atoms with Crippen LogP contribution in [0.5, 0.6) is 0 Å². The number of piperidine rings is 1. The molecule has 1 fully saturated rings. The van der Waals surface area contributed by atoms with E-state index < -0.39 is 0 Å². The molecular weight excluding hydrogens is 314 g/mol. The summed E-state index contributed by atoms with van der Waals surface area (Å²) in [5.41, 5.74) is 7.61. The fourth-order valence-corrected chi connectivity index (χ4v) is 3.61. The molecule has 0 radical (unpaired) electrons. The molecule has 112 valence electrons. The fourth-order valence-electron chi connectivity index (χ4n) is 3.19. The molecule has 3 nitrogen and oxygen atoms in total. The van der Waals surface area contributed by atoms with Crippen LogP contribution < -0.4 is 5.73 Å². The number of nitrogens with zero attached hydrogens (tertiary/aromatic N) is 2. The largest absolute Gasteiger partial charge is 0.326 e. The summed E-state index contributed by atoms with van der Waals surface area (Å²) in [6.07, 6.45) is 2.54. The molecule has 1 aromatic carbocycles. The topological polar surface area (TPSA) is 32.5 Å². The van der Waals surface area contributed by atoms with Gasteiger partial charge in [0, 0.05) is 29.1 Å². The third kappa shape index (κ3) is 3.82. The van der Waals surface area contributed by atoms with Crippen molar-refractivity contribution in [2.45, 2.75) is 37.9 Å². The highest BCUT2D eigenvalue weighted by molar-refractivity contribution is 9.10. The smallest absolute Gasteiger partial charge is 0.0497 e. The van der Waals surface area contributed by atoms with E-state index in [0.29, 0.717) is 12.1 Å². The minimum Gasteiger partial charge on any atom is -0.326 e. The van der Waals surface area contributed by atoms with Crippen LogP contribution in [0.4, 0.5) is 0 Å². The van der Waals surface area contributed by atoms with Crippen molar-refractivity contribution < 1.29 is 0 Å². The van der Waals surface area contributed by atoms with Crippen molar-refractivity contribution in [2.24, 2.45) is 5.73 Å². The molecule has 20 heavy (non-hydrogen) atoms. The lowest BCUT2D eigenvalue weighted by Gasteiger charge is -2.42. The summed E-state index contributed by atoms with van der Waals surface area (Å²) in [7, 11) is 4.35. The van der Waals surface area contributed by atoms with Crippen LogP contribution in [0, 0.1) is 0 Å². The quantitative estimate of drug-likeness (QED) is 0.915. The van der Waals surface area contributed by atoms with E-state index in [9.17, 15) is 0 Å². The number of halogens is 1. The second kappa shape index (κ2) is 7.03. The monoisotopic (exact) mass is 339 g/mol. The highest BCUT2D eigenvalue weighted by atomic mass is 79.9. The van der Waals surface area contributed by atoms with Gasteiger partial charge in [0.05, 0.1) is 0 Å². The third-order valence-electron chi connectivity index (χ3n) is 4.24. The standard InChI is InChI=1S/C16H26BrN3/c1-12(18)16(13-6-4-7-14(17)10-13)20-9-5-8-15(11-20)19(2)3/h4,6-7,10,12,15-16H,5,8-9,11,18H2,1-3H3. The molecule has 3 atom stereocenters. The van der Waals surface area contributed by atoms with Crippen molar-refractivity contribution in [2.75, 3.05) is 27.2 Å². The molecule has 1 aliphatic rings. The Kier molecular flexibility index (Phi) is 5.61. The van der Waals surface area contributed by atoms with Crippen molar-refractivity contribution >= 4 is 15.9 Å². The van der Waals surface area contributed by atoms with E-state index in [1.807, 2.05) is 0 Å². The van der Waals surface area contributed by atoms with Gasteiger partial charge in [-0.25, -0.2) is 0 Å². The van der Waals surface area contributed by atoms with Gasteiger partial charge in [0.15, 0.2) is 0 Å². The van der Waals surface area contributed by atoms with E-state index in [4.69, 9.17) is 5.73 Å². The molecule has 0 aliphatic carbocycles. The Labute approximate surface area is 131 Å². The van der Waals surface area contributed by atoms with Crippen molar-refractivity contribution in [3.8, 4) is 0 Å². The zero-order valence-corrected chi connectivity index (χ0v) is 14.3. The Balaban J connectivity index is 2.20. The maximum absolute atomic E-state index is 6.30. The van der Waals surface area contributed by atoms with E-state index in [-0.39, 0.29) is 6.04 Å². The van der Waals surface area contributed by atoms with Crippen LogP contribution in [0.3, 0.4) is 0 Å². The Bertz CT molecular complexity index is 433. The number of hydrogen-bond acceptors (Lipinski definition) is 3. The molecule has 0 saturated carbocycles. The van der Waals surface area contributed by atoms with Crippen LogP contribution in [0.1, 0.15) is 31.4 Å². The van der Waals surface area contributed by atoms with E-state index >= 15 is 0 Å². The number of likely N-dealkylation sites (tertiary alicyclic amines) is 1. The van der Waals surface area contributed by atoms with Gasteiger partial charge in [0.25, 0.3) is 0 Å². The van der Waals surface area contributed by atoms with Gasteiger partial charge >= 0.3 is 0 Å². The predicted molar refractivity (Wildman–Crippen MR) is 88.8 cm³/mol. The second-order valence-electron chi connectivity index (χ2n) is 6.11. The molecule has 0 aromatic heterocycles. The minimum atomic E-state index is 0.130. The lowest BCUT2D eigenvalue weighted by molar-refractivity contribution is 0.0864. The maximum atomic E-state index is 6.30. The minimum absolute atomic E-state index is 0.130. The van der Waals surface area contributed by atoms with E-state index in [0.717, 1.165) is 17.6 Å². The van der Waals surface area contributed by atoms with Crippen molar-refractivity contribution in [1.82, 2.24) is 9.80 Å². The van der Waals surface area contributed by atoms with Crippen LogP contribution in [0.15, 0.2) is 28.7 Å². The predicted octanol–water partition coefficient (Wildman–Crippen LogP) is 2.86. The Morgan fingerprint density at radius 2 is 2.15 bits per heavy atom. The van der Waals surface area contributed by atoms with Gasteiger partial charge in [-0.05, 0) is 58.1 Å². The lowest BCUT2D eigenvalue weighted by Crippen LogP contribution is -2.49. The lowest BCUT2D eigenvalue weighted by atomic mass is 9.95. The van der Waals surface area contributed by atoms with Crippen molar-refractivity contribution in [3.05, 3.63) is 34.3 Å². The molecule has 2 N–H and O–H groups in total. The molecule has 1 saturated heterocycles. The van der Waals surface area contributed by atoms with Gasteiger partial charge in [0.2, 0.25) is 0 Å². The first-order valence-electron chi connectivity index (χ1n) is 7.40. The Morgan fingerprint density at radius 3 is 2.75 bits per heavy atom. The molecule has 1 aliphatic heterocycles. The first kappa shape index (κ1) is 16.0. The Morgan fingerprint density at radius 1 is 1.40 bits per heavy atom. The van der Waals surface area contributed by atoms with Gasteiger partial charge in [-0.2, -0.15) is 0 Å². The average Bonchev–Trinajstić information content (AvgIpc) is 2.39. The SMILES string of the molecule is CC(N)C(c1cccc(Br)c1)N1CCCC(N(C)C)C1. The van der Waals surface area contributed by atoms with E-state index in [1.54, 1.807) is 0 Å². The zero-order chi connectivity index (χ0) is 14.7. The molecule has 4 heteroatoms. The summed E-state index contributed by atoms with van der Waals surface area (Å²) >= 11 is 3.57. The van der Waals surface area contributed by atoms with Crippen LogP contribution in [0.25, 0.3) is 0 Å². The first-order chi connectivity index (χ1) is 9.49. The molecule has 0 bridgehead atoms. The normalized spacial score (nSPS) is 23.8. The summed E-state index contributed by atoms with van der Waals surface area (Å²) < 4.78 is 1.13. The fraction of sp³-hybridized carbons (Fsp3) is 0.625. The number of rotatable bonds is 4. The summed E-state index contributed by atoms with van der Waals surface area (Å²) in [4.78, 5) is 4.89. The van der Waals surface area contributed by atoms with Crippen LogP contribution in [0.2, 0.25) is 0 Å². The van der Waals surface area contributed by atoms with Gasteiger partial charge in [-0.15, -0.1) is 0 Å². The van der Waals surface area contributed by atoms with Gasteiger partial charge in [-0.1, -0.05) is 28.1 Å². The molecule has 2 rings (SSSR count). The number of benzene rings is 1. The Hall–Kier alpha value is -0.420. The average molecular weight is 340 g/mol. The first-order valence-corrected chi connectivity index (χ1v) is 8.20. The molecule has 3 unspecified atom stereocenters. The second-order valence-corrected chi connectivity index (χ2v) is 7.03. The van der Waals surface area contributed by atoms with Gasteiger partial charge in [-0.3, -0.25) is 4.90 Å². The third-order valence-corrected chi connectivity index (χ3v) is 4.73. The van der Waals surface area contributed by atoms with Gasteiger partial charge in [0.1, 0.15) is 0 Å². The van der Waals surface area contributed by atoms with Crippen molar-refractivity contribution in [1.29, 1.82) is 0 Å². The highest BCUT2D eigenvalue weighted by Crippen LogP contribution is 2.29. The number of likely N-dealkylation sites (N-methyl/N-ethyl adjacent to an activating group) is 1. The highest BCUT2D eigenvalue weighted by Gasteiger charge is 2.29. The molecule has 0 spiro atoms. The van der Waals surface area contributed by atoms with E-state index in [2.05, 4.69) is 71.0 Å². The molecule has 0 amide bonds. The molecular formula is C16H26BrN3. The zero-order valence-electron chi connectivity index (χ0n) is 12.7. The number of hydrogen-bond donors (Lipinski definition) is 1. The maximum Gasteiger partial charge on any atom is 0.0497 e. The summed E-state index contributed by atoms with van der Waals surface area (Å²) in [5.74, 6) is 0. The summed E-state index contributed by atoms with van der Waals surface area (Å²) in [6.45, 7) is 4.36. The summed E-state index contributed by atoms with van der Waals surface area (Å²) in [6, 6.07) is 9.63. The number of nitrogens with two attached hydrogens (primary N) is 1. The van der Waals surface area contributed by atoms with Crippen LogP contribution in [-0.2, 0) is 0 Å². The van der Waals surface area contributed by atoms with Crippen molar-refractivity contribution in [3.63, 3.8) is 0 Å². The van der Waals surface area contributed by atoms with Crippen LogP contribution >= 0.6 is 15.9 Å². The van der Waals surface area contributed by atoms with Crippen LogP contribution in [-0.4, -0.2) is 49.1 Å². The van der Waals surface area contributed by atoms with E-state index in [1.165, 1.54) is 18.4 Å². The molecule has 1 heterocycles.